The summed E-state index contributed by atoms with van der Waals surface area (Å²) < 4.78 is 11.5. The highest BCUT2D eigenvalue weighted by molar-refractivity contribution is 5.61. The van der Waals surface area contributed by atoms with E-state index in [0.717, 1.165) is 0 Å². The first-order valence-electron chi connectivity index (χ1n) is 7.97. The van der Waals surface area contributed by atoms with Gasteiger partial charge in [0.15, 0.2) is 0 Å². The molecule has 0 aliphatic rings. The van der Waals surface area contributed by atoms with Crippen LogP contribution in [-0.2, 0) is 0 Å². The predicted octanol–water partition coefficient (Wildman–Crippen LogP) is 4.46. The van der Waals surface area contributed by atoms with Gasteiger partial charge in [0.25, 0.3) is 0 Å². The second-order valence-electron chi connectivity index (χ2n) is 6.03. The molecule has 0 saturated heterocycles. The molecule has 0 heterocycles. The Balaban J connectivity index is 1.75. The van der Waals surface area contributed by atoms with Crippen molar-refractivity contribution in [3.8, 4) is 34.5 Å². The molecule has 0 aromatic heterocycles. The minimum Gasteiger partial charge on any atom is -0.506 e. The van der Waals surface area contributed by atoms with Crippen LogP contribution in [0.15, 0.2) is 48.5 Å². The normalized spacial score (nSPS) is 10.5. The van der Waals surface area contributed by atoms with Crippen molar-refractivity contribution >= 4 is 11.4 Å². The fourth-order valence-corrected chi connectivity index (χ4v) is 2.51. The highest BCUT2D eigenvalue weighted by atomic mass is 16.5. The first-order valence-corrected chi connectivity index (χ1v) is 7.97. The number of hydrogen-bond acceptors (Lipinski definition) is 6. The fraction of sp³-hybridized carbons (Fsp3) is 0.100. The summed E-state index contributed by atoms with van der Waals surface area (Å²) >= 11 is 0. The highest BCUT2D eigenvalue weighted by Gasteiger charge is 2.08. The van der Waals surface area contributed by atoms with Crippen LogP contribution in [0.2, 0.25) is 0 Å². The van der Waals surface area contributed by atoms with Crippen molar-refractivity contribution in [2.24, 2.45) is 0 Å². The van der Waals surface area contributed by atoms with Crippen molar-refractivity contribution in [1.29, 1.82) is 0 Å². The number of phenolic OH excluding ortho intramolecular Hbond substituents is 2. The van der Waals surface area contributed by atoms with Gasteiger partial charge in [-0.1, -0.05) is 0 Å². The van der Waals surface area contributed by atoms with Crippen LogP contribution < -0.4 is 20.9 Å². The van der Waals surface area contributed by atoms with E-state index in [1.807, 2.05) is 0 Å². The summed E-state index contributed by atoms with van der Waals surface area (Å²) in [6.45, 7) is 3.50. The zero-order valence-corrected chi connectivity index (χ0v) is 14.5. The molecule has 0 aliphatic heterocycles. The number of aryl methyl sites for hydroxylation is 2. The fourth-order valence-electron chi connectivity index (χ4n) is 2.51. The highest BCUT2D eigenvalue weighted by Crippen LogP contribution is 2.34. The Bertz CT molecular complexity index is 828. The molecule has 134 valence electrons. The molecule has 6 heteroatoms. The lowest BCUT2D eigenvalue weighted by Crippen LogP contribution is -1.92. The largest absolute Gasteiger partial charge is 0.506 e. The van der Waals surface area contributed by atoms with Gasteiger partial charge in [-0.25, -0.2) is 0 Å². The van der Waals surface area contributed by atoms with Gasteiger partial charge in [-0.3, -0.25) is 0 Å². The Morgan fingerprint density at radius 2 is 0.962 bits per heavy atom. The van der Waals surface area contributed by atoms with Gasteiger partial charge in [0.05, 0.1) is 11.4 Å². The maximum absolute atomic E-state index is 9.71. The maximum Gasteiger partial charge on any atom is 0.141 e. The zero-order chi connectivity index (χ0) is 18.8. The molecule has 26 heavy (non-hydrogen) atoms. The van der Waals surface area contributed by atoms with Gasteiger partial charge in [0.1, 0.15) is 34.5 Å². The van der Waals surface area contributed by atoms with E-state index in [1.165, 1.54) is 0 Å². The van der Waals surface area contributed by atoms with Crippen LogP contribution in [0.1, 0.15) is 11.1 Å². The minimum absolute atomic E-state index is 0.0598. The summed E-state index contributed by atoms with van der Waals surface area (Å²) in [6.07, 6.45) is 0. The lowest BCUT2D eigenvalue weighted by atomic mass is 10.2. The monoisotopic (exact) mass is 352 g/mol. The van der Waals surface area contributed by atoms with Gasteiger partial charge in [0, 0.05) is 12.1 Å². The van der Waals surface area contributed by atoms with E-state index in [1.54, 1.807) is 62.4 Å². The van der Waals surface area contributed by atoms with Crippen molar-refractivity contribution in [3.05, 3.63) is 59.7 Å². The average Bonchev–Trinajstić information content (AvgIpc) is 2.59. The third-order valence-corrected chi connectivity index (χ3v) is 3.90. The Kier molecular flexibility index (Phi) is 4.49. The lowest BCUT2D eigenvalue weighted by molar-refractivity contribution is 0.457. The summed E-state index contributed by atoms with van der Waals surface area (Å²) in [7, 11) is 0. The number of anilines is 2. The van der Waals surface area contributed by atoms with Crippen molar-refractivity contribution in [2.45, 2.75) is 13.8 Å². The lowest BCUT2D eigenvalue weighted by Gasteiger charge is -2.11. The summed E-state index contributed by atoms with van der Waals surface area (Å²) in [4.78, 5) is 0. The number of phenols is 2. The third kappa shape index (κ3) is 3.59. The van der Waals surface area contributed by atoms with E-state index in [2.05, 4.69) is 0 Å². The third-order valence-electron chi connectivity index (χ3n) is 3.90. The van der Waals surface area contributed by atoms with Crippen molar-refractivity contribution in [2.75, 3.05) is 11.5 Å². The van der Waals surface area contributed by atoms with Crippen molar-refractivity contribution in [3.63, 3.8) is 0 Å². The molecule has 0 bridgehead atoms. The minimum atomic E-state index is 0.0598. The van der Waals surface area contributed by atoms with Gasteiger partial charge < -0.3 is 31.2 Å². The molecule has 3 rings (SSSR count). The molecule has 0 radical (unpaired) electrons. The number of ether oxygens (including phenoxy) is 2. The number of nitrogens with two attached hydrogens (primary N) is 2. The molecule has 0 unspecified atom stereocenters. The molecule has 3 aromatic carbocycles. The number of aromatic hydroxyl groups is 2. The predicted molar refractivity (Wildman–Crippen MR) is 101 cm³/mol. The molecular weight excluding hydrogens is 332 g/mol. The first kappa shape index (κ1) is 17.3. The molecule has 0 saturated carbocycles. The van der Waals surface area contributed by atoms with Gasteiger partial charge in [-0.2, -0.15) is 0 Å². The number of hydrogen-bond donors (Lipinski definition) is 4. The molecule has 3 aromatic rings. The van der Waals surface area contributed by atoms with Gasteiger partial charge in [0.2, 0.25) is 0 Å². The molecule has 6 nitrogen and oxygen atoms in total. The molecule has 0 fully saturated rings. The van der Waals surface area contributed by atoms with Crippen LogP contribution >= 0.6 is 0 Å². The molecule has 0 aliphatic carbocycles. The Hall–Kier alpha value is -3.54. The first-order chi connectivity index (χ1) is 12.3. The molecule has 0 atom stereocenters. The number of rotatable bonds is 4. The second kappa shape index (κ2) is 6.76. The van der Waals surface area contributed by atoms with Crippen LogP contribution in [0.5, 0.6) is 34.5 Å². The van der Waals surface area contributed by atoms with E-state index in [4.69, 9.17) is 20.9 Å². The van der Waals surface area contributed by atoms with E-state index >= 15 is 0 Å². The molecule has 6 N–H and O–H groups in total. The van der Waals surface area contributed by atoms with Crippen LogP contribution in [0.3, 0.4) is 0 Å². The van der Waals surface area contributed by atoms with Gasteiger partial charge in [-0.05, 0) is 61.4 Å². The van der Waals surface area contributed by atoms with Gasteiger partial charge >= 0.3 is 0 Å². The quantitative estimate of drug-likeness (QED) is 0.407. The van der Waals surface area contributed by atoms with E-state index < -0.39 is 0 Å². The van der Waals surface area contributed by atoms with E-state index in [9.17, 15) is 10.2 Å². The summed E-state index contributed by atoms with van der Waals surface area (Å²) in [5, 5.41) is 19.4. The SMILES string of the molecule is Cc1cc(Oc2ccc(Oc3cc(C)c(O)c(N)c3)cc2)cc(N)c1O. The number of nitrogen functional groups attached to an aromatic ring is 2. The standard InChI is InChI=1S/C20H20N2O4/c1-11-7-15(9-17(21)19(11)23)25-13-3-5-14(6-4-13)26-16-8-12(2)20(24)18(22)10-16/h3-10,23-24H,21-22H2,1-2H3. The Morgan fingerprint density at radius 3 is 1.27 bits per heavy atom. The van der Waals surface area contributed by atoms with Crippen LogP contribution in [0, 0.1) is 13.8 Å². The summed E-state index contributed by atoms with van der Waals surface area (Å²) in [5.74, 6) is 2.39. The summed E-state index contributed by atoms with van der Waals surface area (Å²) in [5.41, 5.74) is 13.3. The van der Waals surface area contributed by atoms with Crippen molar-refractivity contribution in [1.82, 2.24) is 0 Å². The van der Waals surface area contributed by atoms with Crippen LogP contribution in [0.4, 0.5) is 11.4 Å². The summed E-state index contributed by atoms with van der Waals surface area (Å²) in [6, 6.07) is 13.6. The Labute approximate surface area is 151 Å². The number of benzene rings is 3. The average molecular weight is 352 g/mol. The Morgan fingerprint density at radius 1 is 0.615 bits per heavy atom. The maximum atomic E-state index is 9.71. The topological polar surface area (TPSA) is 111 Å². The molecule has 0 amide bonds. The van der Waals surface area contributed by atoms with Crippen LogP contribution in [0.25, 0.3) is 0 Å². The molecular formula is C20H20N2O4. The van der Waals surface area contributed by atoms with Crippen molar-refractivity contribution < 1.29 is 19.7 Å². The smallest absolute Gasteiger partial charge is 0.141 e. The van der Waals surface area contributed by atoms with E-state index in [0.29, 0.717) is 34.1 Å². The van der Waals surface area contributed by atoms with E-state index in [-0.39, 0.29) is 22.9 Å². The zero-order valence-electron chi connectivity index (χ0n) is 14.5. The molecule has 0 spiro atoms. The second-order valence-corrected chi connectivity index (χ2v) is 6.03. The van der Waals surface area contributed by atoms with Gasteiger partial charge in [-0.15, -0.1) is 0 Å². The van der Waals surface area contributed by atoms with Crippen LogP contribution in [-0.4, -0.2) is 10.2 Å².